The molecule has 0 bridgehead atoms. The van der Waals surface area contributed by atoms with Gasteiger partial charge in [0.2, 0.25) is 5.91 Å². The lowest BCUT2D eigenvalue weighted by atomic mass is 9.87. The van der Waals surface area contributed by atoms with Gasteiger partial charge in [-0.15, -0.1) is 0 Å². The van der Waals surface area contributed by atoms with Crippen LogP contribution in [0.15, 0.2) is 77.6 Å². The molecule has 0 unspecified atom stereocenters. The maximum Gasteiger partial charge on any atom is 0.336 e. The average molecular weight is 518 g/mol. The van der Waals surface area contributed by atoms with E-state index in [4.69, 9.17) is 0 Å². The topological polar surface area (TPSA) is 47.2 Å². The van der Waals surface area contributed by atoms with Crippen LogP contribution in [0.4, 0.5) is 8.78 Å². The standard InChI is InChI=1S/C31H33F2N3O2/c1-2-30(37)36-29-8-4-3-7-28(29)35(31(36)38)26-17-20-34(21-18-26)19-5-6-27(22-9-13-24(32)14-10-22)23-11-15-25(33)16-12-23/h3-4,7-16,26-27H,2,5-6,17-21H2,1H3. The smallest absolute Gasteiger partial charge is 0.303 e. The van der Waals surface area contributed by atoms with Crippen molar-refractivity contribution in [3.63, 3.8) is 0 Å². The molecular weight excluding hydrogens is 484 g/mol. The average Bonchev–Trinajstić information content (AvgIpc) is 3.24. The highest BCUT2D eigenvalue weighted by Gasteiger charge is 2.26. The fraction of sp³-hybridized carbons (Fsp3) is 0.355. The van der Waals surface area contributed by atoms with Gasteiger partial charge in [-0.1, -0.05) is 43.3 Å². The van der Waals surface area contributed by atoms with Crippen molar-refractivity contribution in [2.45, 2.75) is 51.0 Å². The summed E-state index contributed by atoms with van der Waals surface area (Å²) in [5, 5.41) is 0. The number of para-hydroxylation sites is 2. The highest BCUT2D eigenvalue weighted by Crippen LogP contribution is 2.31. The van der Waals surface area contributed by atoms with E-state index in [1.807, 2.05) is 53.1 Å². The van der Waals surface area contributed by atoms with Crippen molar-refractivity contribution in [3.8, 4) is 0 Å². The number of benzene rings is 3. The van der Waals surface area contributed by atoms with Gasteiger partial charge in [0.1, 0.15) is 11.6 Å². The Bertz CT molecular complexity index is 1400. The zero-order chi connectivity index (χ0) is 26.6. The van der Waals surface area contributed by atoms with Gasteiger partial charge in [0, 0.05) is 31.5 Å². The Morgan fingerprint density at radius 2 is 1.42 bits per heavy atom. The fourth-order valence-corrected chi connectivity index (χ4v) is 5.76. The van der Waals surface area contributed by atoms with Crippen LogP contribution >= 0.6 is 0 Å². The van der Waals surface area contributed by atoms with Gasteiger partial charge in [0.05, 0.1) is 11.0 Å². The summed E-state index contributed by atoms with van der Waals surface area (Å²) in [6.07, 6.45) is 3.77. The highest BCUT2D eigenvalue weighted by atomic mass is 19.1. The quantitative estimate of drug-likeness (QED) is 0.272. The molecule has 0 amide bonds. The first-order valence-corrected chi connectivity index (χ1v) is 13.4. The molecular formula is C31H33F2N3O2. The first-order valence-electron chi connectivity index (χ1n) is 13.4. The number of imidazole rings is 1. The fourth-order valence-electron chi connectivity index (χ4n) is 5.76. The van der Waals surface area contributed by atoms with E-state index in [0.29, 0.717) is 5.52 Å². The van der Waals surface area contributed by atoms with E-state index in [9.17, 15) is 18.4 Å². The maximum absolute atomic E-state index is 13.5. The number of likely N-dealkylation sites (tertiary alicyclic amines) is 1. The Kier molecular flexibility index (Phi) is 7.84. The van der Waals surface area contributed by atoms with Crippen LogP contribution in [0.5, 0.6) is 0 Å². The number of nitrogens with zero attached hydrogens (tertiary/aromatic N) is 3. The summed E-state index contributed by atoms with van der Waals surface area (Å²) in [6.45, 7) is 4.43. The van der Waals surface area contributed by atoms with E-state index in [-0.39, 0.29) is 41.6 Å². The minimum Gasteiger partial charge on any atom is -0.303 e. The first-order chi connectivity index (χ1) is 18.5. The van der Waals surface area contributed by atoms with Crippen LogP contribution in [0.1, 0.15) is 66.9 Å². The van der Waals surface area contributed by atoms with Crippen molar-refractivity contribution in [1.82, 2.24) is 14.0 Å². The normalized spacial score (nSPS) is 14.9. The van der Waals surface area contributed by atoms with Crippen LogP contribution in [-0.2, 0) is 0 Å². The van der Waals surface area contributed by atoms with Gasteiger partial charge in [-0.2, -0.15) is 0 Å². The van der Waals surface area contributed by atoms with Gasteiger partial charge in [0.15, 0.2) is 0 Å². The number of hydrogen-bond donors (Lipinski definition) is 0. The lowest BCUT2D eigenvalue weighted by Gasteiger charge is -2.33. The Morgan fingerprint density at radius 3 is 1.97 bits per heavy atom. The molecule has 4 aromatic rings. The van der Waals surface area contributed by atoms with Gasteiger partial charge in [0.25, 0.3) is 0 Å². The highest BCUT2D eigenvalue weighted by molar-refractivity contribution is 5.90. The number of carbonyl (C=O) groups excluding carboxylic acids is 1. The molecule has 1 aromatic heterocycles. The lowest BCUT2D eigenvalue weighted by Crippen LogP contribution is -2.39. The molecule has 3 aromatic carbocycles. The minimum absolute atomic E-state index is 0.0562. The van der Waals surface area contributed by atoms with E-state index in [0.717, 1.165) is 62.0 Å². The Hall–Kier alpha value is -3.58. The summed E-state index contributed by atoms with van der Waals surface area (Å²) >= 11 is 0. The van der Waals surface area contributed by atoms with Crippen molar-refractivity contribution in [2.24, 2.45) is 0 Å². The number of carbonyl (C=O) groups is 1. The number of halogens is 2. The van der Waals surface area contributed by atoms with Crippen LogP contribution in [0, 0.1) is 11.6 Å². The second-order valence-corrected chi connectivity index (χ2v) is 10.1. The third-order valence-electron chi connectivity index (χ3n) is 7.77. The number of aromatic nitrogens is 2. The molecule has 1 aliphatic rings. The largest absolute Gasteiger partial charge is 0.336 e. The summed E-state index contributed by atoms with van der Waals surface area (Å²) in [7, 11) is 0. The van der Waals surface area contributed by atoms with Gasteiger partial charge in [-0.25, -0.2) is 18.1 Å². The minimum atomic E-state index is -0.268. The Morgan fingerprint density at radius 1 is 0.868 bits per heavy atom. The summed E-state index contributed by atoms with van der Waals surface area (Å²) in [6, 6.07) is 20.7. The second kappa shape index (κ2) is 11.4. The van der Waals surface area contributed by atoms with Gasteiger partial charge in [-0.3, -0.25) is 9.36 Å². The molecule has 38 heavy (non-hydrogen) atoms. The Labute approximate surface area is 221 Å². The predicted octanol–water partition coefficient (Wildman–Crippen LogP) is 6.38. The number of rotatable bonds is 8. The number of fused-ring (bicyclic) bond motifs is 1. The second-order valence-electron chi connectivity index (χ2n) is 10.1. The van der Waals surface area contributed by atoms with Gasteiger partial charge < -0.3 is 4.90 Å². The molecule has 2 heterocycles. The molecule has 0 aliphatic carbocycles. The van der Waals surface area contributed by atoms with Crippen molar-refractivity contribution in [2.75, 3.05) is 19.6 Å². The van der Waals surface area contributed by atoms with E-state index in [1.54, 1.807) is 6.92 Å². The maximum atomic E-state index is 13.5. The monoisotopic (exact) mass is 517 g/mol. The van der Waals surface area contributed by atoms with Gasteiger partial charge >= 0.3 is 5.69 Å². The molecule has 1 saturated heterocycles. The van der Waals surface area contributed by atoms with Crippen LogP contribution in [0.25, 0.3) is 11.0 Å². The van der Waals surface area contributed by atoms with Crippen molar-refractivity contribution >= 4 is 16.9 Å². The summed E-state index contributed by atoms with van der Waals surface area (Å²) in [4.78, 5) is 28.2. The number of hydrogen-bond acceptors (Lipinski definition) is 3. The predicted molar refractivity (Wildman–Crippen MR) is 146 cm³/mol. The molecule has 1 fully saturated rings. The zero-order valence-corrected chi connectivity index (χ0v) is 21.7. The van der Waals surface area contributed by atoms with Crippen LogP contribution in [-0.4, -0.2) is 39.6 Å². The molecule has 7 heteroatoms. The molecule has 0 N–H and O–H groups in total. The lowest BCUT2D eigenvalue weighted by molar-refractivity contribution is 0.0907. The van der Waals surface area contributed by atoms with Crippen molar-refractivity contribution < 1.29 is 13.6 Å². The first kappa shape index (κ1) is 26.0. The summed E-state index contributed by atoms with van der Waals surface area (Å²) in [5.74, 6) is -0.652. The Balaban J connectivity index is 1.24. The van der Waals surface area contributed by atoms with E-state index in [2.05, 4.69) is 4.90 Å². The van der Waals surface area contributed by atoms with E-state index >= 15 is 0 Å². The third-order valence-corrected chi connectivity index (χ3v) is 7.77. The van der Waals surface area contributed by atoms with Crippen LogP contribution < -0.4 is 5.69 Å². The summed E-state index contributed by atoms with van der Waals surface area (Å²) < 4.78 is 30.2. The molecule has 5 rings (SSSR count). The van der Waals surface area contributed by atoms with E-state index < -0.39 is 0 Å². The van der Waals surface area contributed by atoms with Gasteiger partial charge in [-0.05, 0) is 79.8 Å². The molecule has 198 valence electrons. The van der Waals surface area contributed by atoms with E-state index in [1.165, 1.54) is 28.8 Å². The van der Waals surface area contributed by atoms with Crippen LogP contribution in [0.2, 0.25) is 0 Å². The molecule has 0 spiro atoms. The third kappa shape index (κ3) is 5.34. The van der Waals surface area contributed by atoms with Crippen molar-refractivity contribution in [3.05, 3.63) is 106 Å². The molecule has 5 nitrogen and oxygen atoms in total. The molecule has 0 radical (unpaired) electrons. The zero-order valence-electron chi connectivity index (χ0n) is 21.7. The molecule has 0 saturated carbocycles. The van der Waals surface area contributed by atoms with Crippen molar-refractivity contribution in [1.29, 1.82) is 0 Å². The van der Waals surface area contributed by atoms with Crippen LogP contribution in [0.3, 0.4) is 0 Å². The number of piperidine rings is 1. The summed E-state index contributed by atoms with van der Waals surface area (Å²) in [5.41, 5.74) is 3.31. The molecule has 0 atom stereocenters. The SMILES string of the molecule is CCC(=O)n1c(=O)n(C2CCN(CCCC(c3ccc(F)cc3)c3ccc(F)cc3)CC2)c2ccccc21. The molecule has 1 aliphatic heterocycles.